The third-order valence-electron chi connectivity index (χ3n) is 3.41. The molecule has 1 aliphatic heterocycles. The first-order chi connectivity index (χ1) is 8.20. The Labute approximate surface area is 102 Å². The molecular weight excluding hydrogens is 216 g/mol. The van der Waals surface area contributed by atoms with Gasteiger partial charge in [0.15, 0.2) is 0 Å². The maximum absolute atomic E-state index is 11.6. The van der Waals surface area contributed by atoms with Crippen molar-refractivity contribution >= 4 is 5.91 Å². The first-order valence-electron chi connectivity index (χ1n) is 6.11. The molecule has 1 aliphatic rings. The Hall–Kier alpha value is -1.36. The summed E-state index contributed by atoms with van der Waals surface area (Å²) >= 11 is 0. The SMILES string of the molecule is CNC(=O)[C@@H]1CCCN(Cc2nccn2C)C1. The van der Waals surface area contributed by atoms with E-state index in [-0.39, 0.29) is 11.8 Å². The summed E-state index contributed by atoms with van der Waals surface area (Å²) in [4.78, 5) is 18.3. The van der Waals surface area contributed by atoms with E-state index in [1.165, 1.54) is 0 Å². The van der Waals surface area contributed by atoms with Crippen molar-refractivity contribution in [3.05, 3.63) is 18.2 Å². The molecule has 0 aliphatic carbocycles. The van der Waals surface area contributed by atoms with Crippen molar-refractivity contribution in [2.75, 3.05) is 20.1 Å². The fourth-order valence-corrected chi connectivity index (χ4v) is 2.37. The lowest BCUT2D eigenvalue weighted by molar-refractivity contribution is -0.126. The number of hydrogen-bond acceptors (Lipinski definition) is 3. The van der Waals surface area contributed by atoms with Crippen LogP contribution in [0.1, 0.15) is 18.7 Å². The third kappa shape index (κ3) is 2.85. The average molecular weight is 236 g/mol. The standard InChI is InChI=1S/C12H20N4O/c1-13-12(17)10-4-3-6-16(8-10)9-11-14-5-7-15(11)2/h5,7,10H,3-4,6,8-9H2,1-2H3,(H,13,17)/t10-/m1/s1. The maximum atomic E-state index is 11.6. The molecule has 17 heavy (non-hydrogen) atoms. The van der Waals surface area contributed by atoms with Gasteiger partial charge in [-0.05, 0) is 19.4 Å². The molecule has 2 heterocycles. The van der Waals surface area contributed by atoms with Crippen LogP contribution in [-0.2, 0) is 18.4 Å². The lowest BCUT2D eigenvalue weighted by Crippen LogP contribution is -2.42. The molecule has 94 valence electrons. The van der Waals surface area contributed by atoms with Gasteiger partial charge in [0, 0.05) is 33.0 Å². The molecule has 0 radical (unpaired) electrons. The summed E-state index contributed by atoms with van der Waals surface area (Å²) in [5, 5.41) is 2.74. The van der Waals surface area contributed by atoms with Crippen molar-refractivity contribution < 1.29 is 4.79 Å². The number of imidazole rings is 1. The molecule has 0 bridgehead atoms. The van der Waals surface area contributed by atoms with Gasteiger partial charge in [0.25, 0.3) is 0 Å². The number of piperidine rings is 1. The highest BCUT2D eigenvalue weighted by Gasteiger charge is 2.25. The summed E-state index contributed by atoms with van der Waals surface area (Å²) in [5.41, 5.74) is 0. The molecule has 1 atom stereocenters. The van der Waals surface area contributed by atoms with Gasteiger partial charge < -0.3 is 9.88 Å². The lowest BCUT2D eigenvalue weighted by Gasteiger charge is -2.31. The highest BCUT2D eigenvalue weighted by atomic mass is 16.1. The molecule has 0 saturated carbocycles. The third-order valence-corrected chi connectivity index (χ3v) is 3.41. The first-order valence-corrected chi connectivity index (χ1v) is 6.11. The van der Waals surface area contributed by atoms with Crippen molar-refractivity contribution in [2.45, 2.75) is 19.4 Å². The van der Waals surface area contributed by atoms with Crippen LogP contribution in [0.15, 0.2) is 12.4 Å². The summed E-state index contributed by atoms with van der Waals surface area (Å²) in [6, 6.07) is 0. The van der Waals surface area contributed by atoms with Crippen LogP contribution in [0.2, 0.25) is 0 Å². The number of hydrogen-bond donors (Lipinski definition) is 1. The number of aryl methyl sites for hydroxylation is 1. The number of carbonyl (C=O) groups excluding carboxylic acids is 1. The van der Waals surface area contributed by atoms with Gasteiger partial charge in [0.05, 0.1) is 12.5 Å². The monoisotopic (exact) mass is 236 g/mol. The molecule has 1 N–H and O–H groups in total. The van der Waals surface area contributed by atoms with E-state index in [0.717, 1.165) is 38.3 Å². The van der Waals surface area contributed by atoms with E-state index >= 15 is 0 Å². The Morgan fingerprint density at radius 2 is 2.47 bits per heavy atom. The van der Waals surface area contributed by atoms with Crippen molar-refractivity contribution in [1.29, 1.82) is 0 Å². The van der Waals surface area contributed by atoms with Crippen LogP contribution in [0.3, 0.4) is 0 Å². The second-order valence-corrected chi connectivity index (χ2v) is 4.64. The molecule has 5 nitrogen and oxygen atoms in total. The Kier molecular flexibility index (Phi) is 3.78. The highest BCUT2D eigenvalue weighted by molar-refractivity contribution is 5.78. The molecule has 1 aromatic heterocycles. The van der Waals surface area contributed by atoms with Gasteiger partial charge in [0.2, 0.25) is 5.91 Å². The van der Waals surface area contributed by atoms with Gasteiger partial charge in [0.1, 0.15) is 5.82 Å². The van der Waals surface area contributed by atoms with E-state index in [1.54, 1.807) is 7.05 Å². The maximum Gasteiger partial charge on any atom is 0.224 e. The van der Waals surface area contributed by atoms with Crippen LogP contribution in [0.4, 0.5) is 0 Å². The number of nitrogens with one attached hydrogen (secondary N) is 1. The molecule has 1 aromatic rings. The average Bonchev–Trinajstić information content (AvgIpc) is 2.74. The van der Waals surface area contributed by atoms with Crippen molar-refractivity contribution in [1.82, 2.24) is 19.8 Å². The normalized spacial score (nSPS) is 21.4. The van der Waals surface area contributed by atoms with Crippen molar-refractivity contribution in [3.63, 3.8) is 0 Å². The number of aromatic nitrogens is 2. The van der Waals surface area contributed by atoms with Gasteiger partial charge in [-0.2, -0.15) is 0 Å². The van der Waals surface area contributed by atoms with Gasteiger partial charge in [-0.25, -0.2) is 4.98 Å². The smallest absolute Gasteiger partial charge is 0.224 e. The predicted molar refractivity (Wildman–Crippen MR) is 65.3 cm³/mol. The molecular formula is C12H20N4O. The fourth-order valence-electron chi connectivity index (χ4n) is 2.37. The van der Waals surface area contributed by atoms with E-state index in [4.69, 9.17) is 0 Å². The minimum absolute atomic E-state index is 0.133. The van der Waals surface area contributed by atoms with Gasteiger partial charge in [-0.1, -0.05) is 0 Å². The molecule has 1 amide bonds. The highest BCUT2D eigenvalue weighted by Crippen LogP contribution is 2.18. The Balaban J connectivity index is 1.94. The number of rotatable bonds is 3. The van der Waals surface area contributed by atoms with E-state index in [1.807, 2.05) is 24.0 Å². The Bertz CT molecular complexity index is 388. The lowest BCUT2D eigenvalue weighted by atomic mass is 9.97. The zero-order chi connectivity index (χ0) is 12.3. The van der Waals surface area contributed by atoms with Crippen LogP contribution in [0, 0.1) is 5.92 Å². The van der Waals surface area contributed by atoms with E-state index in [2.05, 4.69) is 15.2 Å². The van der Waals surface area contributed by atoms with Crippen molar-refractivity contribution in [3.8, 4) is 0 Å². The molecule has 0 spiro atoms. The van der Waals surface area contributed by atoms with Crippen LogP contribution in [0.25, 0.3) is 0 Å². The Morgan fingerprint density at radius 3 is 3.12 bits per heavy atom. The van der Waals surface area contributed by atoms with Crippen LogP contribution >= 0.6 is 0 Å². The van der Waals surface area contributed by atoms with Crippen molar-refractivity contribution in [2.24, 2.45) is 13.0 Å². The summed E-state index contributed by atoms with van der Waals surface area (Å²) in [6.45, 7) is 2.73. The second-order valence-electron chi connectivity index (χ2n) is 4.64. The minimum atomic E-state index is 0.133. The molecule has 0 unspecified atom stereocenters. The number of amides is 1. The van der Waals surface area contributed by atoms with E-state index in [0.29, 0.717) is 0 Å². The number of carbonyl (C=O) groups is 1. The fraction of sp³-hybridized carbons (Fsp3) is 0.667. The summed E-state index contributed by atoms with van der Waals surface area (Å²) in [5.74, 6) is 1.35. The zero-order valence-electron chi connectivity index (χ0n) is 10.5. The number of nitrogens with zero attached hydrogens (tertiary/aromatic N) is 3. The molecule has 2 rings (SSSR count). The molecule has 1 fully saturated rings. The predicted octanol–water partition coefficient (Wildman–Crippen LogP) is 0.378. The largest absolute Gasteiger partial charge is 0.359 e. The molecule has 5 heteroatoms. The summed E-state index contributed by atoms with van der Waals surface area (Å²) in [7, 11) is 3.71. The zero-order valence-corrected chi connectivity index (χ0v) is 10.5. The van der Waals surface area contributed by atoms with Gasteiger partial charge in [-0.15, -0.1) is 0 Å². The van der Waals surface area contributed by atoms with Gasteiger partial charge in [-0.3, -0.25) is 9.69 Å². The van der Waals surface area contributed by atoms with Crippen LogP contribution in [0.5, 0.6) is 0 Å². The number of likely N-dealkylation sites (tertiary alicyclic amines) is 1. The quantitative estimate of drug-likeness (QED) is 0.825. The van der Waals surface area contributed by atoms with Crippen LogP contribution < -0.4 is 5.32 Å². The second kappa shape index (κ2) is 5.31. The topological polar surface area (TPSA) is 50.2 Å². The van der Waals surface area contributed by atoms with Crippen LogP contribution in [-0.4, -0.2) is 40.5 Å². The molecule has 1 saturated heterocycles. The Morgan fingerprint density at radius 1 is 1.65 bits per heavy atom. The minimum Gasteiger partial charge on any atom is -0.359 e. The first kappa shape index (κ1) is 12.1. The molecule has 0 aromatic carbocycles. The van der Waals surface area contributed by atoms with E-state index in [9.17, 15) is 4.79 Å². The van der Waals surface area contributed by atoms with E-state index < -0.39 is 0 Å². The summed E-state index contributed by atoms with van der Waals surface area (Å²) < 4.78 is 2.03. The van der Waals surface area contributed by atoms with Gasteiger partial charge >= 0.3 is 0 Å². The summed E-state index contributed by atoms with van der Waals surface area (Å²) in [6.07, 6.45) is 5.85.